The summed E-state index contributed by atoms with van der Waals surface area (Å²) in [6.07, 6.45) is 5.72. The number of pyridine rings is 3. The molecule has 0 amide bonds. The van der Waals surface area contributed by atoms with Gasteiger partial charge in [-0.25, -0.2) is 0 Å². The molecular weight excluding hydrogens is 758 g/mol. The van der Waals surface area contributed by atoms with E-state index in [1.54, 1.807) is 6.20 Å². The maximum Gasteiger partial charge on any atom is 0 e. The number of fused-ring (bicyclic) bond motifs is 3. The number of nitrogens with zero attached hydrogens (tertiary/aromatic N) is 3. The number of aromatic nitrogens is 3. The summed E-state index contributed by atoms with van der Waals surface area (Å²) in [6, 6.07) is 36.1. The Morgan fingerprint density at radius 1 is 0.643 bits per heavy atom. The van der Waals surface area contributed by atoms with Crippen LogP contribution >= 0.6 is 0 Å². The summed E-state index contributed by atoms with van der Waals surface area (Å²) in [5.41, 5.74) is 11.1. The van der Waals surface area contributed by atoms with Crippen LogP contribution in [0.4, 0.5) is 0 Å². The smallest absolute Gasteiger partial charge is 0 e. The molecule has 0 saturated carbocycles. The number of benzene rings is 3. The summed E-state index contributed by atoms with van der Waals surface area (Å²) in [7, 11) is 0. The zero-order chi connectivity index (χ0) is 28.3. The molecule has 7 aromatic rings. The molecule has 0 saturated heterocycles. The molecule has 1 radical (unpaired) electrons. The van der Waals surface area contributed by atoms with E-state index in [9.17, 15) is 0 Å². The van der Waals surface area contributed by atoms with Crippen LogP contribution in [0.1, 0.15) is 22.4 Å². The van der Waals surface area contributed by atoms with Gasteiger partial charge < -0.3 is 4.98 Å². The van der Waals surface area contributed by atoms with E-state index in [1.165, 1.54) is 47.1 Å². The number of hydrogen-bond donors (Lipinski definition) is 0. The second-order valence-corrected chi connectivity index (χ2v) is 12.5. The first-order chi connectivity index (χ1) is 20.0. The van der Waals surface area contributed by atoms with Crippen LogP contribution in [-0.4, -0.2) is 29.5 Å². The van der Waals surface area contributed by atoms with E-state index in [0.29, 0.717) is 14.5 Å². The van der Waals surface area contributed by atoms with Gasteiger partial charge in [0.1, 0.15) is 0 Å². The Morgan fingerprint density at radius 3 is 2.19 bits per heavy atom. The second-order valence-electron chi connectivity index (χ2n) is 10.2. The molecule has 42 heavy (non-hydrogen) atoms. The number of aryl methyl sites for hydroxylation is 4. The molecule has 0 atom stereocenters. The molecule has 209 valence electrons. The van der Waals surface area contributed by atoms with E-state index in [4.69, 9.17) is 0 Å². The normalized spacial score (nSPS) is 10.7. The molecule has 0 fully saturated rings. The predicted molar refractivity (Wildman–Crippen MR) is 171 cm³/mol. The zero-order valence-electron chi connectivity index (χ0n) is 23.9. The van der Waals surface area contributed by atoms with Gasteiger partial charge in [-0.1, -0.05) is 54.4 Å². The van der Waals surface area contributed by atoms with Crippen LogP contribution in [0.2, 0.25) is 0 Å². The van der Waals surface area contributed by atoms with Gasteiger partial charge in [0.25, 0.3) is 0 Å². The minimum absolute atomic E-state index is 0. The molecule has 0 unspecified atom stereocenters. The minimum Gasteiger partial charge on any atom is 0 e. The van der Waals surface area contributed by atoms with Crippen molar-refractivity contribution >= 4 is 33.8 Å². The standard InChI is InChI=1S/C20H18N.C17H11N2Se.Ir/c1-14-9-10-18(20-11-15(2)16(3)13-21-20)12-19(14)17-7-5-4-6-8-17;1-11-12(6-4-8-18-11)15-9-14-13-5-2-3-7-16(13)20-17(14)10-19-15;/h4-9,11-13H,1-3H3;2-5,7-10H,1H3;/q2*-1;. The van der Waals surface area contributed by atoms with Crippen LogP contribution in [0.5, 0.6) is 0 Å². The number of hydrogen-bond acceptors (Lipinski definition) is 3. The van der Waals surface area contributed by atoms with E-state index >= 15 is 0 Å². The van der Waals surface area contributed by atoms with E-state index in [0.717, 1.165) is 28.2 Å². The van der Waals surface area contributed by atoms with Gasteiger partial charge in [-0.2, -0.15) is 0 Å². The van der Waals surface area contributed by atoms with Gasteiger partial charge in [-0.05, 0) is 30.7 Å². The molecule has 0 aliphatic heterocycles. The van der Waals surface area contributed by atoms with Gasteiger partial charge in [0.15, 0.2) is 0 Å². The SMILES string of the molecule is Cc1cnc(-c2[c-]cc(C)c(-c3ccccc3)c2)cc1C.Cc1ncc[c-]c1-c1cc2c(cn1)[se]c1ccccc12.[Ir]. The average Bonchev–Trinajstić information content (AvgIpc) is 3.38. The summed E-state index contributed by atoms with van der Waals surface area (Å²) < 4.78 is 2.81. The minimum atomic E-state index is 0. The van der Waals surface area contributed by atoms with Crippen LogP contribution in [0.25, 0.3) is 52.9 Å². The molecule has 3 aromatic carbocycles. The summed E-state index contributed by atoms with van der Waals surface area (Å²) in [5, 5.41) is 2.68. The van der Waals surface area contributed by atoms with Crippen LogP contribution in [0, 0.1) is 39.8 Å². The van der Waals surface area contributed by atoms with Gasteiger partial charge in [0.2, 0.25) is 0 Å². The molecule has 4 heterocycles. The fourth-order valence-corrected chi connectivity index (χ4v) is 7.09. The maximum absolute atomic E-state index is 4.61. The first kappa shape index (κ1) is 29.8. The molecule has 0 N–H and O–H groups in total. The van der Waals surface area contributed by atoms with Crippen LogP contribution in [0.3, 0.4) is 0 Å². The van der Waals surface area contributed by atoms with Gasteiger partial charge >= 0.3 is 122 Å². The molecule has 4 aromatic heterocycles. The quantitative estimate of drug-likeness (QED) is 0.133. The predicted octanol–water partition coefficient (Wildman–Crippen LogP) is 8.75. The third-order valence-electron chi connectivity index (χ3n) is 7.34. The molecule has 0 spiro atoms. The van der Waals surface area contributed by atoms with Gasteiger partial charge in [0.05, 0.1) is 0 Å². The molecule has 5 heteroatoms. The topological polar surface area (TPSA) is 38.7 Å². The van der Waals surface area contributed by atoms with Crippen molar-refractivity contribution < 1.29 is 20.1 Å². The van der Waals surface area contributed by atoms with Crippen LogP contribution < -0.4 is 0 Å². The third kappa shape index (κ3) is 6.21. The van der Waals surface area contributed by atoms with Crippen molar-refractivity contribution in [3.05, 3.63) is 138 Å². The molecule has 7 rings (SSSR count). The Labute approximate surface area is 266 Å². The summed E-state index contributed by atoms with van der Waals surface area (Å²) in [6.45, 7) is 8.32. The van der Waals surface area contributed by atoms with E-state index in [-0.39, 0.29) is 20.1 Å². The van der Waals surface area contributed by atoms with E-state index < -0.39 is 0 Å². The van der Waals surface area contributed by atoms with Crippen molar-refractivity contribution in [3.8, 4) is 33.6 Å². The van der Waals surface area contributed by atoms with Crippen molar-refractivity contribution in [1.29, 1.82) is 0 Å². The van der Waals surface area contributed by atoms with Crippen molar-refractivity contribution in [2.75, 3.05) is 0 Å². The Bertz CT molecular complexity index is 2000. The van der Waals surface area contributed by atoms with Crippen molar-refractivity contribution in [2.45, 2.75) is 27.7 Å². The van der Waals surface area contributed by atoms with Gasteiger partial charge in [0, 0.05) is 26.3 Å². The molecule has 0 bridgehead atoms. The summed E-state index contributed by atoms with van der Waals surface area (Å²) in [4.78, 5) is 13.5. The van der Waals surface area contributed by atoms with Crippen LogP contribution in [-0.2, 0) is 20.1 Å². The maximum atomic E-state index is 4.61. The van der Waals surface area contributed by atoms with Gasteiger partial charge in [-0.15, -0.1) is 29.3 Å². The van der Waals surface area contributed by atoms with E-state index in [1.807, 2.05) is 31.5 Å². The van der Waals surface area contributed by atoms with E-state index in [2.05, 4.69) is 121 Å². The first-order valence-corrected chi connectivity index (χ1v) is 15.3. The fraction of sp³-hybridized carbons (Fsp3) is 0.108. The zero-order valence-corrected chi connectivity index (χ0v) is 28.0. The first-order valence-electron chi connectivity index (χ1n) is 13.6. The number of rotatable bonds is 3. The summed E-state index contributed by atoms with van der Waals surface area (Å²) in [5.74, 6) is 0. The van der Waals surface area contributed by atoms with Crippen molar-refractivity contribution in [3.63, 3.8) is 0 Å². The Morgan fingerprint density at radius 2 is 1.40 bits per heavy atom. The second kappa shape index (κ2) is 13.1. The Balaban J connectivity index is 0.000000164. The molecule has 0 aliphatic rings. The van der Waals surface area contributed by atoms with Crippen molar-refractivity contribution in [1.82, 2.24) is 15.0 Å². The van der Waals surface area contributed by atoms with Gasteiger partial charge in [-0.3, -0.25) is 0 Å². The Hall–Kier alpha value is -3.72. The van der Waals surface area contributed by atoms with Crippen LogP contribution in [0.15, 0.2) is 104 Å². The third-order valence-corrected chi connectivity index (χ3v) is 9.70. The molecular formula is C37H29IrN3Se-2. The largest absolute Gasteiger partial charge is 0 e. The molecule has 3 nitrogen and oxygen atoms in total. The Kier molecular flexibility index (Phi) is 9.26. The summed E-state index contributed by atoms with van der Waals surface area (Å²) >= 11 is 0.380. The van der Waals surface area contributed by atoms with Crippen molar-refractivity contribution in [2.24, 2.45) is 0 Å². The fourth-order valence-electron chi connectivity index (χ4n) is 4.88. The average molecular weight is 787 g/mol. The molecule has 0 aliphatic carbocycles. The monoisotopic (exact) mass is 788 g/mol.